The van der Waals surface area contributed by atoms with E-state index in [9.17, 15) is 29.8 Å². The van der Waals surface area contributed by atoms with Crippen LogP contribution < -0.4 is 10.6 Å². The van der Waals surface area contributed by atoms with Crippen molar-refractivity contribution >= 4 is 69.6 Å². The molecule has 136 valence electrons. The van der Waals surface area contributed by atoms with E-state index in [1.165, 1.54) is 0 Å². The molecule has 0 atom stereocenters. The van der Waals surface area contributed by atoms with Crippen LogP contribution in [0.15, 0.2) is 18.2 Å². The molecule has 0 aliphatic heterocycles. The molecule has 0 aromatic heterocycles. The van der Waals surface area contributed by atoms with E-state index >= 15 is 0 Å². The molecule has 0 aliphatic carbocycles. The summed E-state index contributed by atoms with van der Waals surface area (Å²) in [5.41, 5.74) is -1.58. The summed E-state index contributed by atoms with van der Waals surface area (Å²) in [7, 11) is 0. The standard InChI is InChI=1S/C11H8Cl4N4O6/c12-7(13)10(20)16-9(17-11(21)8(14)15)5-2-1-4(18(22)23)3-6(5)19(24)25/h1-3,7-9H,(H,16,20)(H,17,21). The van der Waals surface area contributed by atoms with Gasteiger partial charge in [-0.1, -0.05) is 46.4 Å². The fraction of sp³-hybridized carbons (Fsp3) is 0.273. The Morgan fingerprint density at radius 3 is 1.76 bits per heavy atom. The summed E-state index contributed by atoms with van der Waals surface area (Å²) in [6, 6.07) is 2.60. The highest BCUT2D eigenvalue weighted by Crippen LogP contribution is 2.29. The van der Waals surface area contributed by atoms with Crippen LogP contribution in [0.1, 0.15) is 11.7 Å². The van der Waals surface area contributed by atoms with Crippen LogP contribution >= 0.6 is 46.4 Å². The molecule has 2 amide bonds. The van der Waals surface area contributed by atoms with Crippen molar-refractivity contribution in [3.8, 4) is 0 Å². The fourth-order valence-corrected chi connectivity index (χ4v) is 1.90. The topological polar surface area (TPSA) is 144 Å². The first-order valence-corrected chi connectivity index (χ1v) is 7.89. The third-order valence-electron chi connectivity index (χ3n) is 2.70. The maximum absolute atomic E-state index is 11.7. The minimum atomic E-state index is -1.54. The molecule has 2 N–H and O–H groups in total. The lowest BCUT2D eigenvalue weighted by atomic mass is 10.1. The Bertz CT molecular complexity index is 692. The molecule has 0 saturated carbocycles. The van der Waals surface area contributed by atoms with Crippen molar-refractivity contribution in [1.29, 1.82) is 0 Å². The van der Waals surface area contributed by atoms with Crippen LogP contribution in [0, 0.1) is 20.2 Å². The van der Waals surface area contributed by atoms with E-state index in [0.29, 0.717) is 6.07 Å². The zero-order valence-electron chi connectivity index (χ0n) is 11.8. The van der Waals surface area contributed by atoms with Crippen molar-refractivity contribution in [2.45, 2.75) is 15.8 Å². The summed E-state index contributed by atoms with van der Waals surface area (Å²) < 4.78 is 0. The molecule has 1 aromatic rings. The molecule has 0 aliphatic rings. The Hall–Kier alpha value is -1.88. The number of benzene rings is 1. The van der Waals surface area contributed by atoms with Crippen LogP contribution in [-0.2, 0) is 9.59 Å². The second-order valence-electron chi connectivity index (χ2n) is 4.31. The number of halogens is 4. The summed E-state index contributed by atoms with van der Waals surface area (Å²) in [5, 5.41) is 26.2. The Morgan fingerprint density at radius 1 is 0.920 bits per heavy atom. The number of nitro groups is 2. The molecule has 0 radical (unpaired) electrons. The first-order chi connectivity index (χ1) is 11.5. The first kappa shape index (κ1) is 21.2. The molecule has 10 nitrogen and oxygen atoms in total. The lowest BCUT2D eigenvalue weighted by Gasteiger charge is -2.21. The number of carbonyl (C=O) groups excluding carboxylic acids is 2. The van der Waals surface area contributed by atoms with Gasteiger partial charge in [0.05, 0.1) is 21.5 Å². The maximum atomic E-state index is 11.7. The second-order valence-corrected chi connectivity index (χ2v) is 6.50. The van der Waals surface area contributed by atoms with Gasteiger partial charge in [0.1, 0.15) is 6.17 Å². The number of nitro benzene ring substituents is 2. The van der Waals surface area contributed by atoms with Gasteiger partial charge in [0.25, 0.3) is 23.2 Å². The zero-order valence-corrected chi connectivity index (χ0v) is 14.8. The summed E-state index contributed by atoms with van der Waals surface area (Å²) in [6.07, 6.45) is -1.51. The number of rotatable bonds is 7. The van der Waals surface area contributed by atoms with Gasteiger partial charge in [0.2, 0.25) is 0 Å². The van der Waals surface area contributed by atoms with Crippen molar-refractivity contribution in [2.24, 2.45) is 0 Å². The van der Waals surface area contributed by atoms with Crippen LogP contribution in [0.3, 0.4) is 0 Å². The number of hydrogen-bond donors (Lipinski definition) is 2. The van der Waals surface area contributed by atoms with Gasteiger partial charge in [-0.2, -0.15) is 0 Å². The smallest absolute Gasteiger partial charge is 0.283 e. The second kappa shape index (κ2) is 8.99. The molecule has 14 heteroatoms. The average Bonchev–Trinajstić information content (AvgIpc) is 2.52. The Morgan fingerprint density at radius 2 is 1.40 bits per heavy atom. The SMILES string of the molecule is O=C(NC(NC(=O)C(Cl)Cl)c1ccc([N+](=O)[O-])cc1[N+](=O)[O-])C(Cl)Cl. The van der Waals surface area contributed by atoms with Crippen molar-refractivity contribution in [1.82, 2.24) is 10.6 Å². The molecule has 1 aromatic carbocycles. The van der Waals surface area contributed by atoms with Gasteiger partial charge in [-0.3, -0.25) is 29.8 Å². The number of nitrogens with zero attached hydrogens (tertiary/aromatic N) is 2. The number of alkyl halides is 4. The highest BCUT2D eigenvalue weighted by atomic mass is 35.5. The summed E-state index contributed by atoms with van der Waals surface area (Å²) >= 11 is 21.6. The highest BCUT2D eigenvalue weighted by molar-refractivity contribution is 6.54. The third kappa shape index (κ3) is 5.85. The van der Waals surface area contributed by atoms with Gasteiger partial charge >= 0.3 is 0 Å². The molecule has 0 fully saturated rings. The molecule has 1 rings (SSSR count). The van der Waals surface area contributed by atoms with E-state index in [1.807, 2.05) is 0 Å². The van der Waals surface area contributed by atoms with E-state index in [4.69, 9.17) is 46.4 Å². The molecule has 0 bridgehead atoms. The summed E-state index contributed by atoms with van der Waals surface area (Å²) in [4.78, 5) is 40.4. The number of hydrogen-bond acceptors (Lipinski definition) is 6. The molecular formula is C11H8Cl4N4O6. The maximum Gasteiger partial charge on any atom is 0.283 e. The van der Waals surface area contributed by atoms with Gasteiger partial charge in [0, 0.05) is 6.07 Å². The molecule has 0 unspecified atom stereocenters. The average molecular weight is 434 g/mol. The summed E-state index contributed by atoms with van der Waals surface area (Å²) in [6.45, 7) is 0. The van der Waals surface area contributed by atoms with Crippen LogP contribution in [0.4, 0.5) is 11.4 Å². The van der Waals surface area contributed by atoms with E-state index in [2.05, 4.69) is 10.6 Å². The Labute approximate surface area is 159 Å². The predicted octanol–water partition coefficient (Wildman–Crippen LogP) is 2.34. The van der Waals surface area contributed by atoms with Crippen molar-refractivity contribution in [3.63, 3.8) is 0 Å². The van der Waals surface area contributed by atoms with Gasteiger partial charge in [0.15, 0.2) is 9.67 Å². The van der Waals surface area contributed by atoms with Gasteiger partial charge in [-0.25, -0.2) is 0 Å². The highest BCUT2D eigenvalue weighted by Gasteiger charge is 2.30. The van der Waals surface area contributed by atoms with E-state index in [1.54, 1.807) is 0 Å². The third-order valence-corrected chi connectivity index (χ3v) is 3.49. The fourth-order valence-electron chi connectivity index (χ4n) is 1.65. The number of nitrogens with one attached hydrogen (secondary N) is 2. The van der Waals surface area contributed by atoms with Gasteiger partial charge in [-0.15, -0.1) is 0 Å². The predicted molar refractivity (Wildman–Crippen MR) is 89.8 cm³/mol. The van der Waals surface area contributed by atoms with Crippen molar-refractivity contribution in [2.75, 3.05) is 0 Å². The van der Waals surface area contributed by atoms with Crippen LogP contribution in [0.2, 0.25) is 0 Å². The number of non-ortho nitro benzene ring substituents is 1. The van der Waals surface area contributed by atoms with Crippen LogP contribution in [0.5, 0.6) is 0 Å². The van der Waals surface area contributed by atoms with Crippen molar-refractivity contribution in [3.05, 3.63) is 44.0 Å². The monoisotopic (exact) mass is 432 g/mol. The Balaban J connectivity index is 3.36. The largest absolute Gasteiger partial charge is 0.329 e. The normalized spacial score (nSPS) is 10.8. The van der Waals surface area contributed by atoms with Gasteiger partial charge < -0.3 is 10.6 Å². The van der Waals surface area contributed by atoms with E-state index in [0.717, 1.165) is 12.1 Å². The van der Waals surface area contributed by atoms with E-state index < -0.39 is 48.9 Å². The first-order valence-electron chi connectivity index (χ1n) is 6.14. The molecule has 0 saturated heterocycles. The van der Waals surface area contributed by atoms with Gasteiger partial charge in [-0.05, 0) is 6.07 Å². The molecule has 0 spiro atoms. The number of amides is 2. The molecule has 0 heterocycles. The van der Waals surface area contributed by atoms with Crippen molar-refractivity contribution < 1.29 is 19.4 Å². The number of carbonyl (C=O) groups is 2. The zero-order chi connectivity index (χ0) is 19.3. The molecular weight excluding hydrogens is 426 g/mol. The minimum Gasteiger partial charge on any atom is -0.329 e. The lowest BCUT2D eigenvalue weighted by molar-refractivity contribution is -0.394. The lowest BCUT2D eigenvalue weighted by Crippen LogP contribution is -2.44. The summed E-state index contributed by atoms with van der Waals surface area (Å²) in [5.74, 6) is -1.97. The van der Waals surface area contributed by atoms with E-state index in [-0.39, 0.29) is 5.56 Å². The molecule has 25 heavy (non-hydrogen) atoms. The van der Waals surface area contributed by atoms with Crippen LogP contribution in [-0.4, -0.2) is 31.3 Å². The van der Waals surface area contributed by atoms with Crippen LogP contribution in [0.25, 0.3) is 0 Å². The quantitative estimate of drug-likeness (QED) is 0.292. The Kier molecular flexibility index (Phi) is 7.61. The minimum absolute atomic E-state index is 0.278.